The predicted molar refractivity (Wildman–Crippen MR) is 91.0 cm³/mol. The van der Waals surface area contributed by atoms with Crippen molar-refractivity contribution in [3.63, 3.8) is 0 Å². The number of benzene rings is 2. The van der Waals surface area contributed by atoms with Gasteiger partial charge >= 0.3 is 0 Å². The van der Waals surface area contributed by atoms with Gasteiger partial charge in [0.15, 0.2) is 0 Å². The van der Waals surface area contributed by atoms with Crippen molar-refractivity contribution in [2.45, 2.75) is 6.61 Å². The third kappa shape index (κ3) is 3.46. The van der Waals surface area contributed by atoms with Crippen LogP contribution in [0.4, 0.5) is 4.79 Å². The summed E-state index contributed by atoms with van der Waals surface area (Å²) in [6.07, 6.45) is 1.70. The number of rotatable bonds is 4. The summed E-state index contributed by atoms with van der Waals surface area (Å²) in [7, 11) is 1.48. The number of nitrogens with zero attached hydrogens (tertiary/aromatic N) is 1. The zero-order valence-corrected chi connectivity index (χ0v) is 13.4. The molecule has 23 heavy (non-hydrogen) atoms. The van der Waals surface area contributed by atoms with Crippen LogP contribution in [0.3, 0.4) is 0 Å². The van der Waals surface area contributed by atoms with E-state index in [0.717, 1.165) is 27.8 Å². The first-order valence-corrected chi connectivity index (χ1v) is 7.94. The summed E-state index contributed by atoms with van der Waals surface area (Å²) in [4.78, 5) is 25.1. The molecule has 0 bridgehead atoms. The number of carbonyl (C=O) groups is 2. The van der Waals surface area contributed by atoms with Gasteiger partial charge in [-0.05, 0) is 29.5 Å². The minimum atomic E-state index is -0.280. The molecule has 4 nitrogen and oxygen atoms in total. The van der Waals surface area contributed by atoms with Crippen LogP contribution in [0, 0.1) is 0 Å². The number of imide groups is 1. The number of likely N-dealkylation sites (N-methyl/N-ethyl adjacent to an activating group) is 1. The molecular weight excluding hydrogens is 310 g/mol. The molecule has 1 aliphatic heterocycles. The number of amides is 2. The lowest BCUT2D eigenvalue weighted by Gasteiger charge is -2.09. The second kappa shape index (κ2) is 6.71. The zero-order valence-electron chi connectivity index (χ0n) is 12.6. The van der Waals surface area contributed by atoms with E-state index >= 15 is 0 Å². The van der Waals surface area contributed by atoms with Crippen molar-refractivity contribution in [3.05, 3.63) is 70.6 Å². The van der Waals surface area contributed by atoms with E-state index in [4.69, 9.17) is 4.74 Å². The molecule has 116 valence electrons. The topological polar surface area (TPSA) is 46.6 Å². The van der Waals surface area contributed by atoms with E-state index in [1.165, 1.54) is 7.05 Å². The van der Waals surface area contributed by atoms with Crippen molar-refractivity contribution >= 4 is 29.0 Å². The molecule has 5 heteroatoms. The van der Waals surface area contributed by atoms with Crippen molar-refractivity contribution in [3.8, 4) is 5.75 Å². The number of hydrogen-bond donors (Lipinski definition) is 0. The maximum Gasteiger partial charge on any atom is 0.293 e. The van der Waals surface area contributed by atoms with E-state index in [-0.39, 0.29) is 11.1 Å². The molecule has 0 unspecified atom stereocenters. The van der Waals surface area contributed by atoms with Crippen molar-refractivity contribution in [1.82, 2.24) is 4.90 Å². The Hall–Kier alpha value is -2.53. The zero-order chi connectivity index (χ0) is 16.2. The summed E-state index contributed by atoms with van der Waals surface area (Å²) in [6.45, 7) is 0.445. The normalized spacial score (nSPS) is 16.2. The Morgan fingerprint density at radius 2 is 1.74 bits per heavy atom. The molecule has 1 heterocycles. The van der Waals surface area contributed by atoms with Crippen LogP contribution in [0.15, 0.2) is 59.5 Å². The molecule has 0 N–H and O–H groups in total. The van der Waals surface area contributed by atoms with E-state index in [0.29, 0.717) is 17.3 Å². The minimum absolute atomic E-state index is 0.260. The fourth-order valence-corrected chi connectivity index (χ4v) is 2.97. The van der Waals surface area contributed by atoms with Gasteiger partial charge in [0.1, 0.15) is 12.4 Å². The Morgan fingerprint density at radius 1 is 1.04 bits per heavy atom. The average Bonchev–Trinajstić information content (AvgIpc) is 2.82. The Morgan fingerprint density at radius 3 is 2.43 bits per heavy atom. The van der Waals surface area contributed by atoms with Gasteiger partial charge in [-0.15, -0.1) is 0 Å². The number of hydrogen-bond acceptors (Lipinski definition) is 4. The molecule has 1 saturated heterocycles. The van der Waals surface area contributed by atoms with Gasteiger partial charge in [0.05, 0.1) is 4.91 Å². The van der Waals surface area contributed by atoms with Crippen LogP contribution in [0.1, 0.15) is 11.1 Å². The van der Waals surface area contributed by atoms with Crippen LogP contribution in [0.2, 0.25) is 0 Å². The fraction of sp³-hybridized carbons (Fsp3) is 0.111. The van der Waals surface area contributed by atoms with Crippen molar-refractivity contribution in [2.24, 2.45) is 0 Å². The molecule has 0 aliphatic carbocycles. The maximum absolute atomic E-state index is 12.0. The molecule has 0 radical (unpaired) electrons. The van der Waals surface area contributed by atoms with Crippen molar-refractivity contribution in [2.75, 3.05) is 7.05 Å². The highest BCUT2D eigenvalue weighted by molar-refractivity contribution is 8.18. The van der Waals surface area contributed by atoms with Gasteiger partial charge in [-0.25, -0.2) is 0 Å². The first-order chi connectivity index (χ1) is 11.1. The number of ether oxygens (including phenoxy) is 1. The second-order valence-electron chi connectivity index (χ2n) is 5.05. The smallest absolute Gasteiger partial charge is 0.293 e. The Balaban J connectivity index is 1.81. The third-order valence-electron chi connectivity index (χ3n) is 3.43. The first kappa shape index (κ1) is 15.4. The number of thioether (sulfide) groups is 1. The highest BCUT2D eigenvalue weighted by atomic mass is 32.2. The van der Waals surface area contributed by atoms with E-state index < -0.39 is 0 Å². The van der Waals surface area contributed by atoms with Crippen molar-refractivity contribution in [1.29, 1.82) is 0 Å². The van der Waals surface area contributed by atoms with Crippen LogP contribution in [0.5, 0.6) is 5.75 Å². The van der Waals surface area contributed by atoms with E-state index in [9.17, 15) is 9.59 Å². The number of para-hydroxylation sites is 1. The third-order valence-corrected chi connectivity index (χ3v) is 4.39. The molecular formula is C18H15NO3S. The summed E-state index contributed by atoms with van der Waals surface area (Å²) in [5, 5.41) is -0.260. The SMILES string of the molecule is CN1C(=O)S/C(=C\c2ccccc2OCc2ccccc2)C1=O. The lowest BCUT2D eigenvalue weighted by atomic mass is 10.2. The van der Waals surface area contributed by atoms with Crippen LogP contribution in [0.25, 0.3) is 6.08 Å². The van der Waals surface area contributed by atoms with E-state index in [2.05, 4.69) is 0 Å². The maximum atomic E-state index is 12.0. The summed E-state index contributed by atoms with van der Waals surface area (Å²) in [6, 6.07) is 17.3. The highest BCUT2D eigenvalue weighted by Crippen LogP contribution is 2.33. The molecule has 2 aromatic carbocycles. The second-order valence-corrected chi connectivity index (χ2v) is 6.05. The van der Waals surface area contributed by atoms with E-state index in [1.807, 2.05) is 54.6 Å². The molecule has 1 fully saturated rings. The fourth-order valence-electron chi connectivity index (χ4n) is 2.15. The monoisotopic (exact) mass is 325 g/mol. The van der Waals surface area contributed by atoms with E-state index in [1.54, 1.807) is 6.08 Å². The molecule has 0 aromatic heterocycles. The van der Waals surface area contributed by atoms with Gasteiger partial charge in [-0.2, -0.15) is 0 Å². The van der Waals surface area contributed by atoms with Crippen molar-refractivity contribution < 1.29 is 14.3 Å². The Labute approximate surface area is 138 Å². The lowest BCUT2D eigenvalue weighted by molar-refractivity contribution is -0.121. The molecule has 2 aromatic rings. The van der Waals surface area contributed by atoms with Gasteiger partial charge in [0.25, 0.3) is 11.1 Å². The lowest BCUT2D eigenvalue weighted by Crippen LogP contribution is -2.22. The molecule has 2 amide bonds. The van der Waals surface area contributed by atoms with Gasteiger partial charge in [0.2, 0.25) is 0 Å². The summed E-state index contributed by atoms with van der Waals surface area (Å²) < 4.78 is 5.86. The summed E-state index contributed by atoms with van der Waals surface area (Å²) in [5.41, 5.74) is 1.85. The summed E-state index contributed by atoms with van der Waals surface area (Å²) in [5.74, 6) is 0.400. The quantitative estimate of drug-likeness (QED) is 0.799. The van der Waals surface area contributed by atoms with Gasteiger partial charge in [-0.3, -0.25) is 14.5 Å². The average molecular weight is 325 g/mol. The van der Waals surface area contributed by atoms with Gasteiger partial charge in [-0.1, -0.05) is 48.5 Å². The summed E-state index contributed by atoms with van der Waals surface area (Å²) >= 11 is 0.943. The van der Waals surface area contributed by atoms with Crippen LogP contribution >= 0.6 is 11.8 Å². The molecule has 0 atom stereocenters. The Bertz CT molecular complexity index is 771. The van der Waals surface area contributed by atoms with Gasteiger partial charge < -0.3 is 4.74 Å². The first-order valence-electron chi connectivity index (χ1n) is 7.12. The highest BCUT2D eigenvalue weighted by Gasteiger charge is 2.31. The minimum Gasteiger partial charge on any atom is -0.488 e. The standard InChI is InChI=1S/C18H15NO3S/c1-19-17(20)16(23-18(19)21)11-14-9-5-6-10-15(14)22-12-13-7-3-2-4-8-13/h2-11H,12H2,1H3/b16-11-. The molecule has 1 aliphatic rings. The van der Waals surface area contributed by atoms with Crippen LogP contribution < -0.4 is 4.74 Å². The molecule has 0 saturated carbocycles. The number of carbonyl (C=O) groups excluding carboxylic acids is 2. The molecule has 0 spiro atoms. The van der Waals surface area contributed by atoms with Crippen LogP contribution in [-0.4, -0.2) is 23.1 Å². The van der Waals surface area contributed by atoms with Crippen LogP contribution in [-0.2, 0) is 11.4 Å². The van der Waals surface area contributed by atoms with Gasteiger partial charge in [0, 0.05) is 12.6 Å². The predicted octanol–water partition coefficient (Wildman–Crippen LogP) is 3.93. The Kier molecular flexibility index (Phi) is 4.48. The largest absolute Gasteiger partial charge is 0.488 e. The molecule has 3 rings (SSSR count).